The number of nitrogens with zero attached hydrogens (tertiary/aromatic N) is 1. The Morgan fingerprint density at radius 2 is 1.77 bits per heavy atom. The quantitative estimate of drug-likeness (QED) is 0.610. The molecule has 2 aromatic rings. The molecule has 0 aliphatic rings. The Kier molecular flexibility index (Phi) is 7.86. The smallest absolute Gasteiger partial charge is 0.339 e. The summed E-state index contributed by atoms with van der Waals surface area (Å²) in [5.74, 6) is -0.875. The van der Waals surface area contributed by atoms with Crippen LogP contribution in [0, 0.1) is 0 Å². The standard InChI is InChI=1S/C21H25ClN2O5S/c1-5-29-21(26)18-12-16(8-11-19(18)22)23-20(25)13-24(30(4,27)28)17-9-6-15(7-10-17)14(2)3/h6-12,14H,5,13H2,1-4H3,(H,23,25). The molecule has 0 unspecified atom stereocenters. The van der Waals surface area contributed by atoms with E-state index in [0.717, 1.165) is 16.1 Å². The fourth-order valence-corrected chi connectivity index (χ4v) is 3.78. The molecule has 9 heteroatoms. The van der Waals surface area contributed by atoms with Gasteiger partial charge in [-0.1, -0.05) is 37.6 Å². The summed E-state index contributed by atoms with van der Waals surface area (Å²) < 4.78 is 30.5. The molecule has 1 N–H and O–H groups in total. The van der Waals surface area contributed by atoms with Crippen molar-refractivity contribution in [3.63, 3.8) is 0 Å². The summed E-state index contributed by atoms with van der Waals surface area (Å²) >= 11 is 6.02. The minimum Gasteiger partial charge on any atom is -0.462 e. The number of sulfonamides is 1. The highest BCUT2D eigenvalue weighted by molar-refractivity contribution is 7.92. The van der Waals surface area contributed by atoms with Crippen LogP contribution in [0.25, 0.3) is 0 Å². The average molecular weight is 453 g/mol. The van der Waals surface area contributed by atoms with Crippen molar-refractivity contribution in [2.45, 2.75) is 26.7 Å². The molecule has 7 nitrogen and oxygen atoms in total. The van der Waals surface area contributed by atoms with Crippen LogP contribution in [0.3, 0.4) is 0 Å². The molecule has 0 heterocycles. The van der Waals surface area contributed by atoms with Crippen LogP contribution in [0.5, 0.6) is 0 Å². The second-order valence-corrected chi connectivity index (χ2v) is 9.29. The van der Waals surface area contributed by atoms with Gasteiger partial charge in [-0.25, -0.2) is 13.2 Å². The third-order valence-electron chi connectivity index (χ3n) is 4.28. The van der Waals surface area contributed by atoms with Gasteiger partial charge in [0, 0.05) is 5.69 Å². The maximum absolute atomic E-state index is 12.5. The number of benzene rings is 2. The lowest BCUT2D eigenvalue weighted by atomic mass is 10.0. The Hall–Kier alpha value is -2.58. The first-order valence-electron chi connectivity index (χ1n) is 9.37. The molecule has 0 saturated heterocycles. The highest BCUT2D eigenvalue weighted by Crippen LogP contribution is 2.24. The van der Waals surface area contributed by atoms with Gasteiger partial charge in [-0.2, -0.15) is 0 Å². The van der Waals surface area contributed by atoms with E-state index in [1.165, 1.54) is 18.2 Å². The number of nitrogens with one attached hydrogen (secondary N) is 1. The molecule has 2 aromatic carbocycles. The summed E-state index contributed by atoms with van der Waals surface area (Å²) in [4.78, 5) is 24.5. The number of hydrogen-bond donors (Lipinski definition) is 1. The topological polar surface area (TPSA) is 92.8 Å². The summed E-state index contributed by atoms with van der Waals surface area (Å²) in [6.07, 6.45) is 1.04. The first kappa shape index (κ1) is 23.7. The lowest BCUT2D eigenvalue weighted by Gasteiger charge is -2.22. The Morgan fingerprint density at radius 1 is 1.13 bits per heavy atom. The average Bonchev–Trinajstić information content (AvgIpc) is 2.67. The van der Waals surface area contributed by atoms with E-state index in [4.69, 9.17) is 16.3 Å². The predicted octanol–water partition coefficient (Wildman–Crippen LogP) is 4.04. The Morgan fingerprint density at radius 3 is 2.30 bits per heavy atom. The van der Waals surface area contributed by atoms with Gasteiger partial charge in [-0.05, 0) is 48.7 Å². The van der Waals surface area contributed by atoms with Crippen LogP contribution in [0.2, 0.25) is 5.02 Å². The number of carbonyl (C=O) groups excluding carboxylic acids is 2. The maximum atomic E-state index is 12.5. The molecular weight excluding hydrogens is 428 g/mol. The summed E-state index contributed by atoms with van der Waals surface area (Å²) in [6, 6.07) is 11.4. The van der Waals surface area contributed by atoms with E-state index >= 15 is 0 Å². The summed E-state index contributed by atoms with van der Waals surface area (Å²) in [5, 5.41) is 2.79. The van der Waals surface area contributed by atoms with Crippen molar-refractivity contribution < 1.29 is 22.7 Å². The molecule has 0 bridgehead atoms. The molecular formula is C21H25ClN2O5S. The fourth-order valence-electron chi connectivity index (χ4n) is 2.72. The van der Waals surface area contributed by atoms with Gasteiger partial charge >= 0.3 is 5.97 Å². The number of esters is 1. The number of halogens is 1. The highest BCUT2D eigenvalue weighted by atomic mass is 35.5. The maximum Gasteiger partial charge on any atom is 0.339 e. The molecule has 0 spiro atoms. The number of ether oxygens (including phenoxy) is 1. The highest BCUT2D eigenvalue weighted by Gasteiger charge is 2.21. The van der Waals surface area contributed by atoms with Crippen molar-refractivity contribution in [1.82, 2.24) is 0 Å². The van der Waals surface area contributed by atoms with E-state index in [2.05, 4.69) is 5.32 Å². The zero-order valence-electron chi connectivity index (χ0n) is 17.3. The van der Waals surface area contributed by atoms with Crippen LogP contribution < -0.4 is 9.62 Å². The monoisotopic (exact) mass is 452 g/mol. The molecule has 0 atom stereocenters. The molecule has 0 fully saturated rings. The molecule has 0 saturated carbocycles. The number of rotatable bonds is 8. The van der Waals surface area contributed by atoms with E-state index < -0.39 is 28.4 Å². The SMILES string of the molecule is CCOC(=O)c1cc(NC(=O)CN(c2ccc(C(C)C)cc2)S(C)(=O)=O)ccc1Cl. The molecule has 30 heavy (non-hydrogen) atoms. The molecule has 0 aliphatic heterocycles. The fraction of sp³-hybridized carbons (Fsp3) is 0.333. The Bertz CT molecular complexity index is 1020. The summed E-state index contributed by atoms with van der Waals surface area (Å²) in [7, 11) is -3.70. The second-order valence-electron chi connectivity index (χ2n) is 6.98. The number of amides is 1. The van der Waals surface area contributed by atoms with E-state index in [-0.39, 0.29) is 17.2 Å². The van der Waals surface area contributed by atoms with Gasteiger partial charge in [-0.3, -0.25) is 9.10 Å². The molecule has 1 amide bonds. The normalized spacial score (nSPS) is 11.3. The summed E-state index contributed by atoms with van der Waals surface area (Å²) in [5.41, 5.74) is 1.86. The first-order valence-corrected chi connectivity index (χ1v) is 11.6. The van der Waals surface area contributed by atoms with Crippen LogP contribution in [0.15, 0.2) is 42.5 Å². The van der Waals surface area contributed by atoms with Crippen molar-refractivity contribution >= 4 is 44.9 Å². The first-order chi connectivity index (χ1) is 14.0. The third kappa shape index (κ3) is 6.21. The molecule has 0 aromatic heterocycles. The van der Waals surface area contributed by atoms with Gasteiger partial charge in [0.1, 0.15) is 6.54 Å². The van der Waals surface area contributed by atoms with Crippen LogP contribution >= 0.6 is 11.6 Å². The zero-order chi connectivity index (χ0) is 22.5. The van der Waals surface area contributed by atoms with Crippen molar-refractivity contribution in [2.75, 3.05) is 29.0 Å². The molecule has 0 aliphatic carbocycles. The molecule has 162 valence electrons. The minimum atomic E-state index is -3.70. The Balaban J connectivity index is 2.21. The van der Waals surface area contributed by atoms with Gasteiger partial charge in [0.2, 0.25) is 15.9 Å². The Labute approximate surface area is 182 Å². The largest absolute Gasteiger partial charge is 0.462 e. The van der Waals surface area contributed by atoms with Gasteiger partial charge < -0.3 is 10.1 Å². The van der Waals surface area contributed by atoms with Crippen LogP contribution in [-0.4, -0.2) is 39.7 Å². The van der Waals surface area contributed by atoms with Crippen LogP contribution in [-0.2, 0) is 19.6 Å². The zero-order valence-corrected chi connectivity index (χ0v) is 18.9. The number of hydrogen-bond acceptors (Lipinski definition) is 5. The number of anilines is 2. The van der Waals surface area contributed by atoms with E-state index in [1.54, 1.807) is 19.1 Å². The van der Waals surface area contributed by atoms with Crippen molar-refractivity contribution in [1.29, 1.82) is 0 Å². The van der Waals surface area contributed by atoms with E-state index in [9.17, 15) is 18.0 Å². The summed E-state index contributed by atoms with van der Waals surface area (Å²) in [6.45, 7) is 5.51. The van der Waals surface area contributed by atoms with Gasteiger partial charge in [0.05, 0.1) is 29.1 Å². The van der Waals surface area contributed by atoms with Gasteiger partial charge in [0.25, 0.3) is 0 Å². The van der Waals surface area contributed by atoms with Gasteiger partial charge in [0.15, 0.2) is 0 Å². The molecule has 0 radical (unpaired) electrons. The predicted molar refractivity (Wildman–Crippen MR) is 119 cm³/mol. The lowest BCUT2D eigenvalue weighted by molar-refractivity contribution is -0.114. The number of carbonyl (C=O) groups is 2. The second kappa shape index (κ2) is 9.95. The lowest BCUT2D eigenvalue weighted by Crippen LogP contribution is -2.37. The van der Waals surface area contributed by atoms with Gasteiger partial charge in [-0.15, -0.1) is 0 Å². The van der Waals surface area contributed by atoms with E-state index in [0.29, 0.717) is 17.3 Å². The van der Waals surface area contributed by atoms with Crippen molar-refractivity contribution in [2.24, 2.45) is 0 Å². The molecule has 2 rings (SSSR count). The van der Waals surface area contributed by atoms with Crippen LogP contribution in [0.4, 0.5) is 11.4 Å². The van der Waals surface area contributed by atoms with Crippen molar-refractivity contribution in [3.05, 3.63) is 58.6 Å². The minimum absolute atomic E-state index is 0.112. The third-order valence-corrected chi connectivity index (χ3v) is 5.75. The van der Waals surface area contributed by atoms with Crippen LogP contribution in [0.1, 0.15) is 42.6 Å². The van der Waals surface area contributed by atoms with E-state index in [1.807, 2.05) is 26.0 Å². The van der Waals surface area contributed by atoms with Crippen molar-refractivity contribution in [3.8, 4) is 0 Å².